The minimum absolute atomic E-state index is 0.605. The molecule has 0 aliphatic heterocycles. The molecule has 0 bridgehead atoms. The van der Waals surface area contributed by atoms with Gasteiger partial charge in [-0.3, -0.25) is 4.98 Å². The van der Waals surface area contributed by atoms with E-state index in [-0.39, 0.29) is 0 Å². The van der Waals surface area contributed by atoms with Crippen LogP contribution in [0.5, 0.6) is 0 Å². The third-order valence-electron chi connectivity index (χ3n) is 3.71. The van der Waals surface area contributed by atoms with Crippen molar-refractivity contribution in [1.29, 1.82) is 0 Å². The van der Waals surface area contributed by atoms with E-state index in [1.807, 2.05) is 43.3 Å². The van der Waals surface area contributed by atoms with Gasteiger partial charge in [-0.15, -0.1) is 0 Å². The highest BCUT2D eigenvalue weighted by Gasteiger charge is 2.07. The van der Waals surface area contributed by atoms with Crippen molar-refractivity contribution in [2.24, 2.45) is 0 Å². The summed E-state index contributed by atoms with van der Waals surface area (Å²) in [7, 11) is 0. The van der Waals surface area contributed by atoms with E-state index in [0.29, 0.717) is 5.95 Å². The number of nitrogens with zero attached hydrogens (tertiary/aromatic N) is 3. The molecule has 0 saturated carbocycles. The molecular weight excluding hydrogens is 298 g/mol. The smallest absolute Gasteiger partial charge is 0.225 e. The Bertz CT molecular complexity index is 802. The topological polar surface area (TPSA) is 62.7 Å². The van der Waals surface area contributed by atoms with Crippen LogP contribution < -0.4 is 10.6 Å². The molecule has 0 atom stereocenters. The zero-order valence-electron chi connectivity index (χ0n) is 14.0. The first-order chi connectivity index (χ1) is 11.8. The summed E-state index contributed by atoms with van der Waals surface area (Å²) in [6.45, 7) is 5.62. The lowest BCUT2D eigenvalue weighted by atomic mass is 10.1. The van der Waals surface area contributed by atoms with Crippen molar-refractivity contribution in [3.63, 3.8) is 0 Å². The van der Waals surface area contributed by atoms with Crippen LogP contribution in [0.3, 0.4) is 0 Å². The largest absolute Gasteiger partial charge is 0.366 e. The summed E-state index contributed by atoms with van der Waals surface area (Å²) in [4.78, 5) is 13.5. The average molecular weight is 319 g/mol. The van der Waals surface area contributed by atoms with Crippen molar-refractivity contribution >= 4 is 11.8 Å². The summed E-state index contributed by atoms with van der Waals surface area (Å²) < 4.78 is 0. The number of hydrogen-bond donors (Lipinski definition) is 2. The van der Waals surface area contributed by atoms with Crippen LogP contribution in [0.25, 0.3) is 11.4 Å². The second kappa shape index (κ2) is 7.55. The lowest BCUT2D eigenvalue weighted by Gasteiger charge is -2.11. The molecule has 0 radical (unpaired) electrons. The monoisotopic (exact) mass is 319 g/mol. The van der Waals surface area contributed by atoms with Gasteiger partial charge in [0.2, 0.25) is 5.95 Å². The Morgan fingerprint density at radius 2 is 1.75 bits per heavy atom. The number of rotatable bonds is 6. The van der Waals surface area contributed by atoms with Crippen molar-refractivity contribution in [3.05, 3.63) is 65.9 Å². The first-order valence-electron chi connectivity index (χ1n) is 8.09. The third kappa shape index (κ3) is 3.87. The Labute approximate surface area is 142 Å². The molecule has 1 aromatic carbocycles. The van der Waals surface area contributed by atoms with Gasteiger partial charge >= 0.3 is 0 Å². The van der Waals surface area contributed by atoms with Crippen molar-refractivity contribution in [2.45, 2.75) is 20.4 Å². The molecule has 0 saturated heterocycles. The molecule has 0 aliphatic rings. The second-order valence-corrected chi connectivity index (χ2v) is 5.49. The molecule has 2 aromatic heterocycles. The van der Waals surface area contributed by atoms with Gasteiger partial charge in [0.05, 0.1) is 11.4 Å². The van der Waals surface area contributed by atoms with Gasteiger partial charge in [-0.1, -0.05) is 30.3 Å². The molecule has 5 heteroatoms. The van der Waals surface area contributed by atoms with Crippen LogP contribution in [-0.4, -0.2) is 21.5 Å². The Balaban J connectivity index is 1.86. The SMILES string of the molecule is CCNc1nc(NCc2ccccc2C)cc(-c2ccccn2)n1. The van der Waals surface area contributed by atoms with E-state index in [2.05, 4.69) is 44.6 Å². The summed E-state index contributed by atoms with van der Waals surface area (Å²) in [5.74, 6) is 1.39. The molecule has 2 N–H and O–H groups in total. The summed E-state index contributed by atoms with van der Waals surface area (Å²) in [6, 6.07) is 16.1. The van der Waals surface area contributed by atoms with Crippen molar-refractivity contribution < 1.29 is 0 Å². The second-order valence-electron chi connectivity index (χ2n) is 5.49. The van der Waals surface area contributed by atoms with Crippen molar-refractivity contribution in [2.75, 3.05) is 17.2 Å². The molecule has 5 nitrogen and oxygen atoms in total. The fourth-order valence-corrected chi connectivity index (χ4v) is 2.41. The first-order valence-corrected chi connectivity index (χ1v) is 8.09. The highest BCUT2D eigenvalue weighted by atomic mass is 15.1. The van der Waals surface area contributed by atoms with E-state index in [0.717, 1.165) is 30.3 Å². The molecule has 0 unspecified atom stereocenters. The van der Waals surface area contributed by atoms with Crippen LogP contribution >= 0.6 is 0 Å². The van der Waals surface area contributed by atoms with Gasteiger partial charge in [0, 0.05) is 25.4 Å². The van der Waals surface area contributed by atoms with Crippen molar-refractivity contribution in [3.8, 4) is 11.4 Å². The predicted molar refractivity (Wildman–Crippen MR) is 97.9 cm³/mol. The molecule has 0 spiro atoms. The molecule has 0 fully saturated rings. The Kier molecular flexibility index (Phi) is 5.01. The van der Waals surface area contributed by atoms with Crippen molar-refractivity contribution in [1.82, 2.24) is 15.0 Å². The number of hydrogen-bond acceptors (Lipinski definition) is 5. The van der Waals surface area contributed by atoms with Gasteiger partial charge in [-0.25, -0.2) is 4.98 Å². The molecular formula is C19H21N5. The molecule has 3 aromatic rings. The number of aromatic nitrogens is 3. The van der Waals surface area contributed by atoms with Crippen LogP contribution in [0, 0.1) is 6.92 Å². The lowest BCUT2D eigenvalue weighted by molar-refractivity contribution is 1.04. The summed E-state index contributed by atoms with van der Waals surface area (Å²) in [6.07, 6.45) is 1.77. The van der Waals surface area contributed by atoms with E-state index >= 15 is 0 Å². The van der Waals surface area contributed by atoms with Crippen LogP contribution in [0.15, 0.2) is 54.7 Å². The van der Waals surface area contributed by atoms with E-state index in [1.165, 1.54) is 11.1 Å². The summed E-state index contributed by atoms with van der Waals surface area (Å²) in [5, 5.41) is 6.57. The molecule has 0 amide bonds. The van der Waals surface area contributed by atoms with Gasteiger partial charge < -0.3 is 10.6 Å². The van der Waals surface area contributed by atoms with Crippen LogP contribution in [0.4, 0.5) is 11.8 Å². The molecule has 0 aliphatic carbocycles. The normalized spacial score (nSPS) is 10.4. The number of pyridine rings is 1. The summed E-state index contributed by atoms with van der Waals surface area (Å²) >= 11 is 0. The molecule has 3 rings (SSSR count). The average Bonchev–Trinajstić information content (AvgIpc) is 2.62. The molecule has 2 heterocycles. The van der Waals surface area contributed by atoms with Gasteiger partial charge in [0.1, 0.15) is 5.82 Å². The molecule has 24 heavy (non-hydrogen) atoms. The number of benzene rings is 1. The van der Waals surface area contributed by atoms with E-state index in [4.69, 9.17) is 0 Å². The maximum atomic E-state index is 4.54. The number of aryl methyl sites for hydroxylation is 1. The minimum Gasteiger partial charge on any atom is -0.366 e. The van der Waals surface area contributed by atoms with Gasteiger partial charge in [0.25, 0.3) is 0 Å². The fourth-order valence-electron chi connectivity index (χ4n) is 2.41. The number of nitrogens with one attached hydrogen (secondary N) is 2. The van der Waals surface area contributed by atoms with Gasteiger partial charge in [0.15, 0.2) is 0 Å². The zero-order chi connectivity index (χ0) is 16.8. The highest BCUT2D eigenvalue weighted by Crippen LogP contribution is 2.20. The third-order valence-corrected chi connectivity index (χ3v) is 3.71. The van der Waals surface area contributed by atoms with Crippen LogP contribution in [0.1, 0.15) is 18.1 Å². The molecule has 122 valence electrons. The standard InChI is InChI=1S/C19H21N5/c1-3-20-19-23-17(16-10-6-7-11-21-16)12-18(24-19)22-13-15-9-5-4-8-14(15)2/h4-12H,3,13H2,1-2H3,(H2,20,22,23,24). The van der Waals surface area contributed by atoms with Crippen LogP contribution in [-0.2, 0) is 6.54 Å². The van der Waals surface area contributed by atoms with E-state index in [1.54, 1.807) is 6.20 Å². The minimum atomic E-state index is 0.605. The van der Waals surface area contributed by atoms with Gasteiger partial charge in [-0.2, -0.15) is 4.98 Å². The van der Waals surface area contributed by atoms with E-state index in [9.17, 15) is 0 Å². The quantitative estimate of drug-likeness (QED) is 0.721. The lowest BCUT2D eigenvalue weighted by Crippen LogP contribution is -2.08. The maximum Gasteiger partial charge on any atom is 0.225 e. The Morgan fingerprint density at radius 1 is 0.917 bits per heavy atom. The predicted octanol–water partition coefficient (Wildman–Crippen LogP) is 3.89. The highest BCUT2D eigenvalue weighted by molar-refractivity contribution is 5.61. The Morgan fingerprint density at radius 3 is 2.50 bits per heavy atom. The summed E-state index contributed by atoms with van der Waals surface area (Å²) in [5.41, 5.74) is 4.14. The fraction of sp³-hybridized carbons (Fsp3) is 0.211. The van der Waals surface area contributed by atoms with Gasteiger partial charge in [-0.05, 0) is 37.1 Å². The Hall–Kier alpha value is -2.95. The van der Waals surface area contributed by atoms with Crippen LogP contribution in [0.2, 0.25) is 0 Å². The first kappa shape index (κ1) is 15.9. The number of anilines is 2. The zero-order valence-corrected chi connectivity index (χ0v) is 14.0. The van der Waals surface area contributed by atoms with E-state index < -0.39 is 0 Å². The maximum absolute atomic E-state index is 4.54.